The van der Waals surface area contributed by atoms with Gasteiger partial charge in [0.15, 0.2) is 0 Å². The maximum Gasteiger partial charge on any atom is 0.332 e. The van der Waals surface area contributed by atoms with Gasteiger partial charge in [0.25, 0.3) is 0 Å². The summed E-state index contributed by atoms with van der Waals surface area (Å²) >= 11 is 0. The number of rotatable bonds is 6. The number of aliphatic hydroxyl groups excluding tert-OH is 1. The molecule has 0 spiro atoms. The second-order valence-electron chi connectivity index (χ2n) is 6.12. The molecule has 2 unspecified atom stereocenters. The van der Waals surface area contributed by atoms with Crippen LogP contribution >= 0.6 is 0 Å². The monoisotopic (exact) mass is 328 g/mol. The molecule has 23 heavy (non-hydrogen) atoms. The van der Waals surface area contributed by atoms with E-state index in [2.05, 4.69) is 5.32 Å². The highest BCUT2D eigenvalue weighted by Gasteiger charge is 2.76. The highest BCUT2D eigenvalue weighted by Crippen LogP contribution is 2.63. The Labute approximate surface area is 134 Å². The number of amides is 1. The van der Waals surface area contributed by atoms with E-state index in [1.807, 2.05) is 0 Å². The average Bonchev–Trinajstić information content (AvgIpc) is 3.16. The van der Waals surface area contributed by atoms with Gasteiger partial charge in [0, 0.05) is 18.3 Å². The van der Waals surface area contributed by atoms with E-state index < -0.39 is 53.3 Å². The lowest BCUT2D eigenvalue weighted by Crippen LogP contribution is -2.60. The minimum atomic E-state index is -1.43. The van der Waals surface area contributed by atoms with Crippen molar-refractivity contribution in [2.24, 2.45) is 23.5 Å². The Kier molecular flexibility index (Phi) is 4.95. The van der Waals surface area contributed by atoms with Crippen LogP contribution in [0.25, 0.3) is 0 Å². The quantitative estimate of drug-likeness (QED) is 0.530. The van der Waals surface area contributed by atoms with Gasteiger partial charge >= 0.3 is 11.9 Å². The Bertz CT molecular complexity index is 508. The Morgan fingerprint density at radius 3 is 2.43 bits per heavy atom. The van der Waals surface area contributed by atoms with E-state index in [0.29, 0.717) is 0 Å². The van der Waals surface area contributed by atoms with Gasteiger partial charge in [0.1, 0.15) is 5.54 Å². The second kappa shape index (κ2) is 6.45. The average molecular weight is 328 g/mol. The summed E-state index contributed by atoms with van der Waals surface area (Å²) in [6, 6.07) is -0.822. The van der Waals surface area contributed by atoms with Crippen LogP contribution in [0.15, 0.2) is 0 Å². The van der Waals surface area contributed by atoms with E-state index in [0.717, 1.165) is 0 Å². The zero-order valence-electron chi connectivity index (χ0n) is 13.6. The smallest absolute Gasteiger partial charge is 0.332 e. The summed E-state index contributed by atoms with van der Waals surface area (Å²) in [5, 5.41) is 12.9. The molecule has 0 heterocycles. The van der Waals surface area contributed by atoms with Crippen LogP contribution in [0.1, 0.15) is 27.2 Å². The van der Waals surface area contributed by atoms with Gasteiger partial charge in [-0.05, 0) is 20.8 Å². The summed E-state index contributed by atoms with van der Waals surface area (Å²) in [4.78, 5) is 36.6. The number of ether oxygens (including phenoxy) is 2. The van der Waals surface area contributed by atoms with Crippen LogP contribution in [-0.4, -0.2) is 53.9 Å². The molecule has 0 aromatic heterocycles. The van der Waals surface area contributed by atoms with Crippen molar-refractivity contribution in [3.05, 3.63) is 0 Å². The number of carbonyl (C=O) groups excluding carboxylic acids is 3. The van der Waals surface area contributed by atoms with Gasteiger partial charge in [0.05, 0.1) is 31.3 Å². The minimum Gasteiger partial charge on any atom is -0.466 e. The summed E-state index contributed by atoms with van der Waals surface area (Å²) in [5.41, 5.74) is 4.14. The van der Waals surface area contributed by atoms with Gasteiger partial charge in [-0.15, -0.1) is 0 Å². The van der Waals surface area contributed by atoms with Crippen LogP contribution in [-0.2, 0) is 23.9 Å². The fraction of sp³-hybridized carbons (Fsp3) is 0.800. The lowest BCUT2D eigenvalue weighted by atomic mass is 9.89. The molecule has 0 saturated heterocycles. The lowest BCUT2D eigenvalue weighted by molar-refractivity contribution is -0.156. The molecule has 4 N–H and O–H groups in total. The zero-order valence-corrected chi connectivity index (χ0v) is 13.6. The normalized spacial score (nSPS) is 35.9. The number of fused-ring (bicyclic) bond motifs is 1. The maximum atomic E-state index is 12.5. The van der Waals surface area contributed by atoms with Crippen molar-refractivity contribution in [1.29, 1.82) is 0 Å². The fourth-order valence-corrected chi connectivity index (χ4v) is 3.59. The van der Waals surface area contributed by atoms with Crippen LogP contribution in [0.3, 0.4) is 0 Å². The third kappa shape index (κ3) is 2.92. The highest BCUT2D eigenvalue weighted by atomic mass is 16.5. The molecular formula is C15H24N2O6. The second-order valence-corrected chi connectivity index (χ2v) is 6.12. The molecule has 0 aliphatic heterocycles. The largest absolute Gasteiger partial charge is 0.466 e. The van der Waals surface area contributed by atoms with E-state index in [-0.39, 0.29) is 19.6 Å². The number of hydrogen-bond donors (Lipinski definition) is 3. The number of hydrogen-bond acceptors (Lipinski definition) is 7. The molecule has 1 amide bonds. The predicted octanol–water partition coefficient (Wildman–Crippen LogP) is -1.06. The van der Waals surface area contributed by atoms with E-state index >= 15 is 0 Å². The molecule has 2 aliphatic carbocycles. The number of esters is 2. The Hall–Kier alpha value is -1.67. The molecule has 2 rings (SSSR count). The van der Waals surface area contributed by atoms with Gasteiger partial charge < -0.3 is 25.6 Å². The molecule has 2 saturated carbocycles. The van der Waals surface area contributed by atoms with Gasteiger partial charge in [-0.2, -0.15) is 0 Å². The molecule has 0 bridgehead atoms. The van der Waals surface area contributed by atoms with Gasteiger partial charge in [0.2, 0.25) is 5.91 Å². The molecular weight excluding hydrogens is 304 g/mol. The molecule has 0 aromatic carbocycles. The predicted molar refractivity (Wildman–Crippen MR) is 78.9 cm³/mol. The van der Waals surface area contributed by atoms with Crippen LogP contribution in [0, 0.1) is 17.8 Å². The zero-order chi connectivity index (χ0) is 17.4. The molecule has 0 radical (unpaired) electrons. The van der Waals surface area contributed by atoms with E-state index in [1.54, 1.807) is 13.8 Å². The molecule has 2 fully saturated rings. The fourth-order valence-electron chi connectivity index (χ4n) is 3.59. The van der Waals surface area contributed by atoms with E-state index in [9.17, 15) is 19.5 Å². The van der Waals surface area contributed by atoms with E-state index in [1.165, 1.54) is 6.92 Å². The van der Waals surface area contributed by atoms with Crippen molar-refractivity contribution in [1.82, 2.24) is 5.32 Å². The Morgan fingerprint density at radius 1 is 1.30 bits per heavy atom. The number of nitrogens with two attached hydrogens (primary N) is 1. The molecule has 8 heteroatoms. The molecule has 2 aliphatic rings. The van der Waals surface area contributed by atoms with Crippen LogP contribution < -0.4 is 11.1 Å². The standard InChI is InChI=1S/C15H24N2O6/c1-4-22-13(20)10-9-8(18)6-15(11(9)10,14(21)23-5-2)17-12(19)7(3)16/h7-11,18H,4-6,16H2,1-3H3,(H,17,19)/t7-,8?,9?,10-,11-,15-/m0/s1. The lowest BCUT2D eigenvalue weighted by Gasteiger charge is -2.32. The third-order valence-electron chi connectivity index (χ3n) is 4.58. The first-order valence-corrected chi connectivity index (χ1v) is 7.89. The van der Waals surface area contributed by atoms with Crippen molar-refractivity contribution in [3.63, 3.8) is 0 Å². The summed E-state index contributed by atoms with van der Waals surface area (Å²) in [6.07, 6.45) is -0.873. The van der Waals surface area contributed by atoms with Gasteiger partial charge in [-0.3, -0.25) is 9.59 Å². The highest BCUT2D eigenvalue weighted by molar-refractivity contribution is 5.93. The topological polar surface area (TPSA) is 128 Å². The molecule has 8 nitrogen and oxygen atoms in total. The summed E-state index contributed by atoms with van der Waals surface area (Å²) in [7, 11) is 0. The summed E-state index contributed by atoms with van der Waals surface area (Å²) in [5.74, 6) is -3.20. The summed E-state index contributed by atoms with van der Waals surface area (Å²) in [6.45, 7) is 5.17. The summed E-state index contributed by atoms with van der Waals surface area (Å²) < 4.78 is 10.1. The SMILES string of the molecule is CCOC(=O)[C@H]1C2C(O)C[C@@](NC(=O)[C@H](C)N)(C(=O)OCC)[C@@H]21. The van der Waals surface area contributed by atoms with Crippen LogP contribution in [0.4, 0.5) is 0 Å². The molecule has 6 atom stereocenters. The first kappa shape index (κ1) is 17.7. The number of carbonyl (C=O) groups is 3. The number of nitrogens with one attached hydrogen (secondary N) is 1. The van der Waals surface area contributed by atoms with Crippen molar-refractivity contribution < 1.29 is 29.0 Å². The van der Waals surface area contributed by atoms with Crippen molar-refractivity contribution in [2.45, 2.75) is 44.9 Å². The third-order valence-corrected chi connectivity index (χ3v) is 4.58. The van der Waals surface area contributed by atoms with Crippen LogP contribution in [0.5, 0.6) is 0 Å². The van der Waals surface area contributed by atoms with Crippen molar-refractivity contribution in [2.75, 3.05) is 13.2 Å². The molecule has 0 aromatic rings. The number of aliphatic hydroxyl groups is 1. The maximum absolute atomic E-state index is 12.5. The molecule has 130 valence electrons. The van der Waals surface area contributed by atoms with Gasteiger partial charge in [-0.1, -0.05) is 0 Å². The Morgan fingerprint density at radius 2 is 1.91 bits per heavy atom. The minimum absolute atomic E-state index is 0.00946. The van der Waals surface area contributed by atoms with Crippen molar-refractivity contribution >= 4 is 17.8 Å². The van der Waals surface area contributed by atoms with Crippen LogP contribution in [0.2, 0.25) is 0 Å². The first-order chi connectivity index (χ1) is 10.8. The Balaban J connectivity index is 2.29. The van der Waals surface area contributed by atoms with E-state index in [4.69, 9.17) is 15.2 Å². The van der Waals surface area contributed by atoms with Gasteiger partial charge in [-0.25, -0.2) is 4.79 Å². The first-order valence-electron chi connectivity index (χ1n) is 7.89. The van der Waals surface area contributed by atoms with Crippen molar-refractivity contribution in [3.8, 4) is 0 Å².